The van der Waals surface area contributed by atoms with Crippen LogP contribution in [0.1, 0.15) is 49.4 Å². The molecule has 1 aliphatic rings. The Hall–Kier alpha value is -2.07. The number of pyridine rings is 1. The van der Waals surface area contributed by atoms with Crippen molar-refractivity contribution in [3.05, 3.63) is 64.8 Å². The fraction of sp³-hybridized carbons (Fsp3) is 0.483. The average Bonchev–Trinajstić information content (AvgIpc) is 2.94. The van der Waals surface area contributed by atoms with E-state index in [2.05, 4.69) is 9.88 Å². The lowest BCUT2D eigenvalue weighted by Gasteiger charge is -2.41. The van der Waals surface area contributed by atoms with E-state index in [4.69, 9.17) is 16.3 Å². The molecule has 0 radical (unpaired) electrons. The van der Waals surface area contributed by atoms with Gasteiger partial charge in [-0.25, -0.2) is 4.39 Å². The highest BCUT2D eigenvalue weighted by atomic mass is 35.5. The highest BCUT2D eigenvalue weighted by Crippen LogP contribution is 2.42. The first kappa shape index (κ1) is 29.9. The fourth-order valence-electron chi connectivity index (χ4n) is 5.15. The molecule has 0 bridgehead atoms. The summed E-state index contributed by atoms with van der Waals surface area (Å²) in [6.07, 6.45) is -0.871. The zero-order valence-corrected chi connectivity index (χ0v) is 23.4. The first-order valence-corrected chi connectivity index (χ1v) is 14.4. The number of aliphatic hydroxyl groups is 1. The number of aromatic nitrogens is 1. The van der Waals surface area contributed by atoms with Crippen molar-refractivity contribution in [2.75, 3.05) is 39.1 Å². The Balaban J connectivity index is 1.26. The third kappa shape index (κ3) is 7.57. The van der Waals surface area contributed by atoms with Gasteiger partial charge in [-0.1, -0.05) is 11.6 Å². The summed E-state index contributed by atoms with van der Waals surface area (Å²) < 4.78 is 59.1. The number of hydrogen-bond acceptors (Lipinski definition) is 5. The minimum atomic E-state index is -4.32. The molecule has 1 saturated heterocycles. The number of rotatable bonds is 11. The summed E-state index contributed by atoms with van der Waals surface area (Å²) in [4.78, 5) is 7.47. The predicted octanol–water partition coefficient (Wildman–Crippen LogP) is 7.96. The molecule has 2 aromatic carbocycles. The van der Waals surface area contributed by atoms with Crippen molar-refractivity contribution in [1.82, 2.24) is 9.88 Å². The zero-order chi connectivity index (χ0) is 28.0. The van der Waals surface area contributed by atoms with Gasteiger partial charge in [-0.05, 0) is 105 Å². The molecule has 4 nitrogen and oxygen atoms in total. The lowest BCUT2D eigenvalue weighted by atomic mass is 9.74. The van der Waals surface area contributed by atoms with E-state index in [1.807, 2.05) is 0 Å². The minimum absolute atomic E-state index is 0.00990. The summed E-state index contributed by atoms with van der Waals surface area (Å²) in [5, 5.41) is 11.2. The molecule has 0 spiro atoms. The van der Waals surface area contributed by atoms with Crippen molar-refractivity contribution in [3.63, 3.8) is 0 Å². The van der Waals surface area contributed by atoms with Crippen molar-refractivity contribution < 1.29 is 27.4 Å². The van der Waals surface area contributed by atoms with Gasteiger partial charge in [-0.3, -0.25) is 4.98 Å². The number of benzene rings is 2. The van der Waals surface area contributed by atoms with E-state index in [0.717, 1.165) is 61.7 Å². The molecule has 1 N–H and O–H groups in total. The Labute approximate surface area is 235 Å². The van der Waals surface area contributed by atoms with E-state index < -0.39 is 17.9 Å². The SMILES string of the molecule is COc1ccc2ncc(Cl)c([C@@H](F)CCC3(CO)CCN(CCCSc4ccc(C(F)(F)F)cc4)CC3)c2c1. The van der Waals surface area contributed by atoms with E-state index in [9.17, 15) is 18.3 Å². The van der Waals surface area contributed by atoms with Gasteiger partial charge < -0.3 is 14.7 Å². The molecule has 0 unspecified atom stereocenters. The number of fused-ring (bicyclic) bond motifs is 1. The molecule has 4 rings (SSSR count). The van der Waals surface area contributed by atoms with E-state index in [1.165, 1.54) is 18.3 Å². The second-order valence-electron chi connectivity index (χ2n) is 10.1. The molecule has 0 aliphatic carbocycles. The minimum Gasteiger partial charge on any atom is -0.497 e. The number of hydrogen-bond donors (Lipinski definition) is 1. The van der Waals surface area contributed by atoms with Crippen LogP contribution in [0, 0.1) is 5.41 Å². The number of methoxy groups -OCH3 is 1. The fourth-order valence-corrected chi connectivity index (χ4v) is 6.25. The molecule has 3 aromatic rings. The number of alkyl halides is 4. The van der Waals surface area contributed by atoms with Gasteiger partial charge in [0.15, 0.2) is 0 Å². The van der Waals surface area contributed by atoms with Crippen molar-refractivity contribution in [1.29, 1.82) is 0 Å². The summed E-state index contributed by atoms with van der Waals surface area (Å²) in [5.41, 5.74) is 0.100. The van der Waals surface area contributed by atoms with Crippen LogP contribution in [0.15, 0.2) is 53.6 Å². The molecule has 1 aliphatic heterocycles. The standard InChI is InChI=1S/C29H33ClF4N2O2S/c1-38-21-5-8-26-23(17-21)27(24(30)18-35-26)25(31)9-10-28(19-37)11-14-36(15-12-28)13-2-16-39-22-6-3-20(4-7-22)29(32,33)34/h3-8,17-18,25,37H,2,9-16,19H2,1H3/t25-/m0/s1. The molecular formula is C29H33ClF4N2O2S. The summed E-state index contributed by atoms with van der Waals surface area (Å²) >= 11 is 7.93. The van der Waals surface area contributed by atoms with Crippen LogP contribution in [0.25, 0.3) is 10.9 Å². The van der Waals surface area contributed by atoms with Gasteiger partial charge in [-0.2, -0.15) is 13.2 Å². The first-order chi connectivity index (χ1) is 18.6. The third-order valence-electron chi connectivity index (χ3n) is 7.63. The van der Waals surface area contributed by atoms with Crippen molar-refractivity contribution in [3.8, 4) is 5.75 Å². The highest BCUT2D eigenvalue weighted by Gasteiger charge is 2.35. The van der Waals surface area contributed by atoms with Crippen molar-refractivity contribution in [2.45, 2.75) is 49.3 Å². The zero-order valence-electron chi connectivity index (χ0n) is 21.8. The van der Waals surface area contributed by atoms with Crippen LogP contribution >= 0.6 is 23.4 Å². The Bertz CT molecular complexity index is 1230. The van der Waals surface area contributed by atoms with Gasteiger partial charge in [0.2, 0.25) is 0 Å². The average molecular weight is 585 g/mol. The summed E-state index contributed by atoms with van der Waals surface area (Å²) in [7, 11) is 1.56. The summed E-state index contributed by atoms with van der Waals surface area (Å²) in [6, 6.07) is 10.6. The lowest BCUT2D eigenvalue weighted by Crippen LogP contribution is -2.42. The summed E-state index contributed by atoms with van der Waals surface area (Å²) in [6.45, 7) is 2.52. The second kappa shape index (κ2) is 13.1. The van der Waals surface area contributed by atoms with Gasteiger partial charge in [0.25, 0.3) is 0 Å². The van der Waals surface area contributed by atoms with Crippen LogP contribution in [0.3, 0.4) is 0 Å². The quantitative estimate of drug-likeness (QED) is 0.141. The number of likely N-dealkylation sites (tertiary alicyclic amines) is 1. The van der Waals surface area contributed by atoms with Crippen LogP contribution < -0.4 is 4.74 Å². The number of thioether (sulfide) groups is 1. The van der Waals surface area contributed by atoms with Crippen LogP contribution in [0.5, 0.6) is 5.75 Å². The Morgan fingerprint density at radius 1 is 1.15 bits per heavy atom. The Morgan fingerprint density at radius 2 is 1.87 bits per heavy atom. The number of ether oxygens (including phenoxy) is 1. The molecule has 39 heavy (non-hydrogen) atoms. The molecule has 212 valence electrons. The molecule has 2 heterocycles. The maximum absolute atomic E-state index is 15.6. The van der Waals surface area contributed by atoms with E-state index >= 15 is 4.39 Å². The summed E-state index contributed by atoms with van der Waals surface area (Å²) in [5.74, 6) is 1.42. The first-order valence-electron chi connectivity index (χ1n) is 13.0. The Morgan fingerprint density at radius 3 is 2.51 bits per heavy atom. The number of nitrogens with zero attached hydrogens (tertiary/aromatic N) is 2. The maximum atomic E-state index is 15.6. The van der Waals surface area contributed by atoms with Crippen LogP contribution in [-0.4, -0.2) is 54.1 Å². The van der Waals surface area contributed by atoms with Crippen LogP contribution in [0.2, 0.25) is 5.02 Å². The molecule has 0 amide bonds. The Kier molecular flexibility index (Phi) is 10.0. The smallest absolute Gasteiger partial charge is 0.416 e. The van der Waals surface area contributed by atoms with Gasteiger partial charge in [-0.15, -0.1) is 11.8 Å². The lowest BCUT2D eigenvalue weighted by molar-refractivity contribution is -0.137. The molecule has 1 fully saturated rings. The van der Waals surface area contributed by atoms with Gasteiger partial charge in [0.05, 0.1) is 23.2 Å². The van der Waals surface area contributed by atoms with Gasteiger partial charge >= 0.3 is 6.18 Å². The highest BCUT2D eigenvalue weighted by molar-refractivity contribution is 7.99. The predicted molar refractivity (Wildman–Crippen MR) is 148 cm³/mol. The molecule has 0 saturated carbocycles. The topological polar surface area (TPSA) is 45.6 Å². The van der Waals surface area contributed by atoms with Crippen LogP contribution in [0.4, 0.5) is 17.6 Å². The van der Waals surface area contributed by atoms with E-state index in [1.54, 1.807) is 37.1 Å². The largest absolute Gasteiger partial charge is 0.497 e. The van der Waals surface area contributed by atoms with E-state index in [0.29, 0.717) is 28.6 Å². The maximum Gasteiger partial charge on any atom is 0.416 e. The number of aliphatic hydroxyl groups excluding tert-OH is 1. The molecular weight excluding hydrogens is 552 g/mol. The molecule has 1 aromatic heterocycles. The van der Waals surface area contributed by atoms with Crippen molar-refractivity contribution >= 4 is 34.3 Å². The van der Waals surface area contributed by atoms with Gasteiger partial charge in [0.1, 0.15) is 11.9 Å². The normalized spacial score (nSPS) is 16.9. The number of piperidine rings is 1. The van der Waals surface area contributed by atoms with Crippen molar-refractivity contribution in [2.24, 2.45) is 5.41 Å². The third-order valence-corrected chi connectivity index (χ3v) is 9.03. The molecule has 10 heteroatoms. The van der Waals surface area contributed by atoms with E-state index in [-0.39, 0.29) is 23.5 Å². The monoisotopic (exact) mass is 584 g/mol. The number of halogens is 5. The molecule has 1 atom stereocenters. The van der Waals surface area contributed by atoms with Crippen LogP contribution in [-0.2, 0) is 6.18 Å². The van der Waals surface area contributed by atoms with Gasteiger partial charge in [0, 0.05) is 28.6 Å². The second-order valence-corrected chi connectivity index (χ2v) is 11.7.